The summed E-state index contributed by atoms with van der Waals surface area (Å²) < 4.78 is 4.49. The number of hydrogen-bond acceptors (Lipinski definition) is 5. The molecule has 0 aliphatic carbocycles. The number of aromatic nitrogens is 2. The zero-order chi connectivity index (χ0) is 13.2. The van der Waals surface area contributed by atoms with Gasteiger partial charge in [0.2, 0.25) is 11.5 Å². The van der Waals surface area contributed by atoms with Gasteiger partial charge < -0.3 is 10.6 Å². The van der Waals surface area contributed by atoms with E-state index in [4.69, 9.17) is 5.73 Å². The van der Waals surface area contributed by atoms with Crippen molar-refractivity contribution in [3.63, 3.8) is 0 Å². The van der Waals surface area contributed by atoms with E-state index < -0.39 is 0 Å². The number of rotatable bonds is 2. The van der Waals surface area contributed by atoms with Crippen LogP contribution in [0.3, 0.4) is 0 Å². The first kappa shape index (κ1) is 11.7. The van der Waals surface area contributed by atoms with Crippen molar-refractivity contribution in [3.05, 3.63) is 41.6 Å². The molecule has 6 nitrogen and oxygen atoms in total. The lowest BCUT2D eigenvalue weighted by molar-refractivity contribution is 0.0725. The van der Waals surface area contributed by atoms with E-state index in [1.54, 1.807) is 4.90 Å². The van der Waals surface area contributed by atoms with Crippen LogP contribution in [0.25, 0.3) is 0 Å². The van der Waals surface area contributed by atoms with Crippen LogP contribution in [-0.4, -0.2) is 27.7 Å². The fraction of sp³-hybridized carbons (Fsp3) is 0.308. The van der Waals surface area contributed by atoms with Gasteiger partial charge in [-0.2, -0.15) is 0 Å². The smallest absolute Gasteiger partial charge is 0.280 e. The summed E-state index contributed by atoms with van der Waals surface area (Å²) >= 11 is 0. The van der Waals surface area contributed by atoms with Gasteiger partial charge >= 0.3 is 0 Å². The van der Waals surface area contributed by atoms with Crippen molar-refractivity contribution >= 4 is 11.7 Å². The van der Waals surface area contributed by atoms with Crippen LogP contribution in [0.2, 0.25) is 0 Å². The minimum atomic E-state index is -0.217. The standard InChI is InChI=1S/C13H14N4O2/c14-12-11(15-19-16-12)13(18)17-8-4-7-10(17)9-5-2-1-3-6-9/h1-3,5-6,10H,4,7-8H2,(H2,14,16). The average Bonchev–Trinajstić information content (AvgIpc) is 3.07. The molecular weight excluding hydrogens is 244 g/mol. The third-order valence-electron chi connectivity index (χ3n) is 3.41. The molecule has 98 valence electrons. The third kappa shape index (κ3) is 2.05. The van der Waals surface area contributed by atoms with Crippen LogP contribution in [0, 0.1) is 0 Å². The predicted molar refractivity (Wildman–Crippen MR) is 68.2 cm³/mol. The van der Waals surface area contributed by atoms with Gasteiger partial charge in [-0.05, 0) is 28.7 Å². The first-order valence-electron chi connectivity index (χ1n) is 6.21. The molecule has 0 radical (unpaired) electrons. The maximum absolute atomic E-state index is 12.4. The second kappa shape index (κ2) is 4.72. The first-order valence-corrected chi connectivity index (χ1v) is 6.21. The molecule has 1 aromatic carbocycles. The molecule has 1 aliphatic heterocycles. The van der Waals surface area contributed by atoms with Crippen molar-refractivity contribution in [3.8, 4) is 0 Å². The molecule has 0 bridgehead atoms. The molecule has 1 saturated heterocycles. The summed E-state index contributed by atoms with van der Waals surface area (Å²) in [7, 11) is 0. The molecule has 0 spiro atoms. The summed E-state index contributed by atoms with van der Waals surface area (Å²) in [5, 5.41) is 7.04. The molecule has 1 unspecified atom stereocenters. The highest BCUT2D eigenvalue weighted by Gasteiger charge is 2.33. The second-order valence-corrected chi connectivity index (χ2v) is 4.57. The Morgan fingerprint density at radius 1 is 1.32 bits per heavy atom. The molecule has 6 heteroatoms. The quantitative estimate of drug-likeness (QED) is 0.884. The van der Waals surface area contributed by atoms with Crippen molar-refractivity contribution in [1.82, 2.24) is 15.2 Å². The molecule has 0 saturated carbocycles. The Bertz CT molecular complexity index is 581. The lowest BCUT2D eigenvalue weighted by Crippen LogP contribution is -2.31. The number of nitrogens with two attached hydrogens (primary N) is 1. The minimum absolute atomic E-state index is 0.0451. The molecular formula is C13H14N4O2. The summed E-state index contributed by atoms with van der Waals surface area (Å²) in [6, 6.07) is 10.0. The average molecular weight is 258 g/mol. The number of nitrogen functional groups attached to an aromatic ring is 1. The molecule has 1 fully saturated rings. The molecule has 1 amide bonds. The van der Waals surface area contributed by atoms with Gasteiger partial charge in [0.15, 0.2) is 0 Å². The van der Waals surface area contributed by atoms with Crippen molar-refractivity contribution in [2.45, 2.75) is 18.9 Å². The summed E-state index contributed by atoms with van der Waals surface area (Å²) in [5.41, 5.74) is 6.81. The second-order valence-electron chi connectivity index (χ2n) is 4.57. The summed E-state index contributed by atoms with van der Waals surface area (Å²) in [5.74, 6) is -0.172. The van der Waals surface area contributed by atoms with E-state index in [-0.39, 0.29) is 23.5 Å². The maximum Gasteiger partial charge on any atom is 0.280 e. The molecule has 2 heterocycles. The summed E-state index contributed by atoms with van der Waals surface area (Å²) in [4.78, 5) is 14.2. The Labute approximate surface area is 110 Å². The lowest BCUT2D eigenvalue weighted by atomic mass is 10.0. The van der Waals surface area contributed by atoms with Gasteiger partial charge in [-0.15, -0.1) is 0 Å². The van der Waals surface area contributed by atoms with Crippen LogP contribution in [0.15, 0.2) is 35.0 Å². The molecule has 3 rings (SSSR count). The van der Waals surface area contributed by atoms with E-state index >= 15 is 0 Å². The van der Waals surface area contributed by atoms with Crippen LogP contribution in [0.1, 0.15) is 34.9 Å². The molecule has 2 aromatic rings. The zero-order valence-electron chi connectivity index (χ0n) is 10.3. The number of anilines is 1. The number of carbonyl (C=O) groups excluding carboxylic acids is 1. The van der Waals surface area contributed by atoms with Crippen molar-refractivity contribution in [2.24, 2.45) is 0 Å². The van der Waals surface area contributed by atoms with Gasteiger partial charge in [-0.1, -0.05) is 30.3 Å². The van der Waals surface area contributed by atoms with Crippen molar-refractivity contribution in [2.75, 3.05) is 12.3 Å². The van der Waals surface area contributed by atoms with Crippen molar-refractivity contribution < 1.29 is 9.42 Å². The normalized spacial score (nSPS) is 18.7. The van der Waals surface area contributed by atoms with Gasteiger partial charge in [-0.25, -0.2) is 4.63 Å². The Morgan fingerprint density at radius 3 is 2.79 bits per heavy atom. The van der Waals surface area contributed by atoms with Crippen LogP contribution in [0.5, 0.6) is 0 Å². The molecule has 1 aliphatic rings. The first-order chi connectivity index (χ1) is 9.27. The Morgan fingerprint density at radius 2 is 2.11 bits per heavy atom. The van der Waals surface area contributed by atoms with E-state index in [0.717, 1.165) is 18.4 Å². The minimum Gasteiger partial charge on any atom is -0.379 e. The highest BCUT2D eigenvalue weighted by Crippen LogP contribution is 2.33. The lowest BCUT2D eigenvalue weighted by Gasteiger charge is -2.24. The van der Waals surface area contributed by atoms with Gasteiger partial charge in [0.05, 0.1) is 6.04 Å². The largest absolute Gasteiger partial charge is 0.379 e. The highest BCUT2D eigenvalue weighted by atomic mass is 16.6. The zero-order valence-corrected chi connectivity index (χ0v) is 10.3. The SMILES string of the molecule is Nc1nonc1C(=O)N1CCCC1c1ccccc1. The third-order valence-corrected chi connectivity index (χ3v) is 3.41. The monoisotopic (exact) mass is 258 g/mol. The van der Waals surface area contributed by atoms with Gasteiger partial charge in [0.25, 0.3) is 5.91 Å². The fourth-order valence-corrected chi connectivity index (χ4v) is 2.51. The number of amides is 1. The van der Waals surface area contributed by atoms with Gasteiger partial charge in [0, 0.05) is 6.54 Å². The molecule has 19 heavy (non-hydrogen) atoms. The Balaban J connectivity index is 1.88. The molecule has 1 atom stereocenters. The van der Waals surface area contributed by atoms with Crippen LogP contribution in [-0.2, 0) is 0 Å². The van der Waals surface area contributed by atoms with E-state index in [1.165, 1.54) is 0 Å². The summed E-state index contributed by atoms with van der Waals surface area (Å²) in [6.45, 7) is 0.699. The molecule has 1 aromatic heterocycles. The topological polar surface area (TPSA) is 85.2 Å². The van der Waals surface area contributed by atoms with E-state index in [0.29, 0.717) is 6.54 Å². The van der Waals surface area contributed by atoms with Crippen LogP contribution in [0.4, 0.5) is 5.82 Å². The van der Waals surface area contributed by atoms with E-state index in [1.807, 2.05) is 30.3 Å². The van der Waals surface area contributed by atoms with Gasteiger partial charge in [-0.3, -0.25) is 4.79 Å². The fourth-order valence-electron chi connectivity index (χ4n) is 2.51. The molecule has 2 N–H and O–H groups in total. The van der Waals surface area contributed by atoms with Crippen LogP contribution < -0.4 is 5.73 Å². The maximum atomic E-state index is 12.4. The number of nitrogens with zero attached hydrogens (tertiary/aromatic N) is 3. The Kier molecular flexibility index (Phi) is 2.91. The van der Waals surface area contributed by atoms with Gasteiger partial charge in [0.1, 0.15) is 0 Å². The summed E-state index contributed by atoms with van der Waals surface area (Å²) in [6.07, 6.45) is 1.91. The predicted octanol–water partition coefficient (Wildman–Crippen LogP) is 1.63. The van der Waals surface area contributed by atoms with E-state index in [2.05, 4.69) is 14.9 Å². The number of carbonyl (C=O) groups is 1. The van der Waals surface area contributed by atoms with Crippen molar-refractivity contribution in [1.29, 1.82) is 0 Å². The number of benzene rings is 1. The highest BCUT2D eigenvalue weighted by molar-refractivity contribution is 5.96. The Hall–Kier alpha value is -2.37. The van der Waals surface area contributed by atoms with E-state index in [9.17, 15) is 4.79 Å². The van der Waals surface area contributed by atoms with Crippen LogP contribution >= 0.6 is 0 Å². The number of hydrogen-bond donors (Lipinski definition) is 1. The number of likely N-dealkylation sites (tertiary alicyclic amines) is 1.